The second-order valence-electron chi connectivity index (χ2n) is 4.56. The molecule has 1 heterocycles. The number of hydrogen-bond donors (Lipinski definition) is 1. The molecule has 3 rings (SSSR count). The normalized spacial score (nSPS) is 10.8. The van der Waals surface area contributed by atoms with E-state index in [1.54, 1.807) is 0 Å². The molecule has 0 fully saturated rings. The van der Waals surface area contributed by atoms with Crippen molar-refractivity contribution in [2.45, 2.75) is 13.5 Å². The average molecular weight is 249 g/mol. The highest BCUT2D eigenvalue weighted by molar-refractivity contribution is 5.94. The Kier molecular flexibility index (Phi) is 2.97. The number of hydrogen-bond acceptors (Lipinski definition) is 3. The molecule has 3 aromatic rings. The molecule has 1 aromatic heterocycles. The summed E-state index contributed by atoms with van der Waals surface area (Å²) >= 11 is 0. The molecule has 3 heteroatoms. The monoisotopic (exact) mass is 249 g/mol. The zero-order valence-corrected chi connectivity index (χ0v) is 10.8. The number of fused-ring (bicyclic) bond motifs is 1. The predicted molar refractivity (Wildman–Crippen MR) is 77.6 cm³/mol. The van der Waals surface area contributed by atoms with Crippen LogP contribution in [0, 0.1) is 6.92 Å². The summed E-state index contributed by atoms with van der Waals surface area (Å²) in [6.45, 7) is 2.40. The van der Waals surface area contributed by atoms with Gasteiger partial charge in [0.1, 0.15) is 0 Å². The summed E-state index contributed by atoms with van der Waals surface area (Å²) in [7, 11) is 0. The Labute approximate surface area is 112 Å². The first kappa shape index (κ1) is 11.8. The van der Waals surface area contributed by atoms with E-state index >= 15 is 0 Å². The SMILES string of the molecule is Cc1cc(CN)nc(-c2cccc3ccccc23)n1. The highest BCUT2D eigenvalue weighted by atomic mass is 14.9. The van der Waals surface area contributed by atoms with Crippen molar-refractivity contribution in [2.24, 2.45) is 5.73 Å². The zero-order valence-electron chi connectivity index (χ0n) is 10.8. The maximum absolute atomic E-state index is 5.69. The Morgan fingerprint density at radius 3 is 2.63 bits per heavy atom. The lowest BCUT2D eigenvalue weighted by Crippen LogP contribution is -2.03. The molecule has 19 heavy (non-hydrogen) atoms. The number of rotatable bonds is 2. The third-order valence-corrected chi connectivity index (χ3v) is 3.15. The van der Waals surface area contributed by atoms with Crippen LogP contribution in [0.5, 0.6) is 0 Å². The molecule has 0 bridgehead atoms. The van der Waals surface area contributed by atoms with Gasteiger partial charge in [-0.15, -0.1) is 0 Å². The van der Waals surface area contributed by atoms with Crippen LogP contribution in [0.4, 0.5) is 0 Å². The Morgan fingerprint density at radius 2 is 1.79 bits per heavy atom. The lowest BCUT2D eigenvalue weighted by atomic mass is 10.0. The van der Waals surface area contributed by atoms with Gasteiger partial charge in [0.25, 0.3) is 0 Å². The second kappa shape index (κ2) is 4.78. The number of benzene rings is 2. The first-order valence-electron chi connectivity index (χ1n) is 6.30. The van der Waals surface area contributed by atoms with Crippen molar-refractivity contribution in [3.63, 3.8) is 0 Å². The molecule has 0 radical (unpaired) electrons. The van der Waals surface area contributed by atoms with Gasteiger partial charge in [-0.2, -0.15) is 0 Å². The molecule has 2 aromatic carbocycles. The lowest BCUT2D eigenvalue weighted by molar-refractivity contribution is 0.954. The topological polar surface area (TPSA) is 51.8 Å². The van der Waals surface area contributed by atoms with Gasteiger partial charge < -0.3 is 5.73 Å². The molecular weight excluding hydrogens is 234 g/mol. The summed E-state index contributed by atoms with van der Waals surface area (Å²) in [6.07, 6.45) is 0. The molecule has 2 N–H and O–H groups in total. The number of nitrogens with two attached hydrogens (primary N) is 1. The quantitative estimate of drug-likeness (QED) is 0.759. The van der Waals surface area contributed by atoms with Gasteiger partial charge >= 0.3 is 0 Å². The summed E-state index contributed by atoms with van der Waals surface area (Å²) < 4.78 is 0. The van der Waals surface area contributed by atoms with Crippen LogP contribution in [0.3, 0.4) is 0 Å². The van der Waals surface area contributed by atoms with E-state index in [4.69, 9.17) is 5.73 Å². The minimum absolute atomic E-state index is 0.432. The van der Waals surface area contributed by atoms with Gasteiger partial charge in [-0.25, -0.2) is 9.97 Å². The lowest BCUT2D eigenvalue weighted by Gasteiger charge is -2.07. The van der Waals surface area contributed by atoms with E-state index in [9.17, 15) is 0 Å². The second-order valence-corrected chi connectivity index (χ2v) is 4.56. The van der Waals surface area contributed by atoms with E-state index < -0.39 is 0 Å². The fraction of sp³-hybridized carbons (Fsp3) is 0.125. The zero-order chi connectivity index (χ0) is 13.2. The van der Waals surface area contributed by atoms with Gasteiger partial charge in [0.05, 0.1) is 5.69 Å². The van der Waals surface area contributed by atoms with Gasteiger partial charge in [0.2, 0.25) is 0 Å². The fourth-order valence-corrected chi connectivity index (χ4v) is 2.28. The van der Waals surface area contributed by atoms with Crippen LogP contribution < -0.4 is 5.73 Å². The van der Waals surface area contributed by atoms with Gasteiger partial charge in [0.15, 0.2) is 5.82 Å². The van der Waals surface area contributed by atoms with E-state index in [-0.39, 0.29) is 0 Å². The molecule has 0 spiro atoms. The van der Waals surface area contributed by atoms with Crippen LogP contribution in [0.2, 0.25) is 0 Å². The maximum Gasteiger partial charge on any atom is 0.160 e. The first-order valence-corrected chi connectivity index (χ1v) is 6.30. The van der Waals surface area contributed by atoms with Crippen LogP contribution in [0.15, 0.2) is 48.5 Å². The summed E-state index contributed by atoms with van der Waals surface area (Å²) in [5, 5.41) is 2.36. The van der Waals surface area contributed by atoms with E-state index in [0.29, 0.717) is 6.54 Å². The van der Waals surface area contributed by atoms with E-state index in [1.165, 1.54) is 10.8 Å². The van der Waals surface area contributed by atoms with Crippen molar-refractivity contribution >= 4 is 10.8 Å². The molecule has 0 atom stereocenters. The summed E-state index contributed by atoms with van der Waals surface area (Å²) in [6, 6.07) is 16.4. The molecule has 0 amide bonds. The highest BCUT2D eigenvalue weighted by Gasteiger charge is 2.07. The van der Waals surface area contributed by atoms with Gasteiger partial charge in [0, 0.05) is 17.8 Å². The largest absolute Gasteiger partial charge is 0.325 e. The first-order chi connectivity index (χ1) is 9.28. The Bertz CT molecular complexity index is 730. The smallest absolute Gasteiger partial charge is 0.160 e. The van der Waals surface area contributed by atoms with Crippen LogP contribution in [-0.2, 0) is 6.54 Å². The molecule has 0 aliphatic heterocycles. The van der Waals surface area contributed by atoms with E-state index in [2.05, 4.69) is 34.2 Å². The average Bonchev–Trinajstić information content (AvgIpc) is 2.46. The van der Waals surface area contributed by atoms with Crippen LogP contribution in [-0.4, -0.2) is 9.97 Å². The Morgan fingerprint density at radius 1 is 1.00 bits per heavy atom. The number of aryl methyl sites for hydroxylation is 1. The standard InChI is InChI=1S/C16H15N3/c1-11-9-13(10-17)19-16(18-11)15-8-4-6-12-5-2-3-7-14(12)15/h2-9H,10,17H2,1H3. The minimum atomic E-state index is 0.432. The summed E-state index contributed by atoms with van der Waals surface area (Å²) in [5.74, 6) is 0.747. The van der Waals surface area contributed by atoms with Crippen molar-refractivity contribution in [1.29, 1.82) is 0 Å². The molecule has 0 saturated carbocycles. The van der Waals surface area contributed by atoms with Gasteiger partial charge in [-0.1, -0.05) is 42.5 Å². The minimum Gasteiger partial charge on any atom is -0.325 e. The Balaban J connectivity index is 2.27. The molecular formula is C16H15N3. The molecule has 0 saturated heterocycles. The number of nitrogens with zero attached hydrogens (tertiary/aromatic N) is 2. The van der Waals surface area contributed by atoms with Crippen LogP contribution in [0.25, 0.3) is 22.2 Å². The van der Waals surface area contributed by atoms with Crippen molar-refractivity contribution in [3.8, 4) is 11.4 Å². The molecule has 3 nitrogen and oxygen atoms in total. The van der Waals surface area contributed by atoms with Crippen molar-refractivity contribution in [2.75, 3.05) is 0 Å². The molecule has 0 aliphatic carbocycles. The molecule has 0 aliphatic rings. The van der Waals surface area contributed by atoms with Crippen LogP contribution in [0.1, 0.15) is 11.4 Å². The van der Waals surface area contributed by atoms with Gasteiger partial charge in [-0.3, -0.25) is 0 Å². The summed E-state index contributed by atoms with van der Waals surface area (Å²) in [4.78, 5) is 9.07. The Hall–Kier alpha value is -2.26. The van der Waals surface area contributed by atoms with E-state index in [1.807, 2.05) is 31.2 Å². The van der Waals surface area contributed by atoms with E-state index in [0.717, 1.165) is 22.8 Å². The van der Waals surface area contributed by atoms with Crippen LogP contribution >= 0.6 is 0 Å². The fourth-order valence-electron chi connectivity index (χ4n) is 2.28. The summed E-state index contributed by atoms with van der Waals surface area (Å²) in [5.41, 5.74) is 8.55. The molecule has 94 valence electrons. The van der Waals surface area contributed by atoms with Gasteiger partial charge in [-0.05, 0) is 23.8 Å². The highest BCUT2D eigenvalue weighted by Crippen LogP contribution is 2.26. The third-order valence-electron chi connectivity index (χ3n) is 3.15. The predicted octanol–water partition coefficient (Wildman–Crippen LogP) is 3.06. The third kappa shape index (κ3) is 2.20. The van der Waals surface area contributed by atoms with Crippen molar-refractivity contribution < 1.29 is 0 Å². The maximum atomic E-state index is 5.69. The van der Waals surface area contributed by atoms with Crippen molar-refractivity contribution in [3.05, 3.63) is 59.9 Å². The van der Waals surface area contributed by atoms with Crippen molar-refractivity contribution in [1.82, 2.24) is 9.97 Å². The molecule has 0 unspecified atom stereocenters. The number of aromatic nitrogens is 2.